The van der Waals surface area contributed by atoms with Crippen LogP contribution in [0, 0.1) is 11.8 Å². The Morgan fingerprint density at radius 3 is 2.85 bits per heavy atom. The molecule has 2 aromatic heterocycles. The van der Waals surface area contributed by atoms with E-state index in [1.807, 2.05) is 23.6 Å². The van der Waals surface area contributed by atoms with Crippen LogP contribution in [0.1, 0.15) is 29.8 Å². The van der Waals surface area contributed by atoms with Gasteiger partial charge in [-0.25, -0.2) is 4.98 Å². The fraction of sp³-hybridized carbons (Fsp3) is 0.421. The van der Waals surface area contributed by atoms with Crippen molar-refractivity contribution in [3.05, 3.63) is 35.5 Å². The maximum absolute atomic E-state index is 12.9. The van der Waals surface area contributed by atoms with Gasteiger partial charge in [0.15, 0.2) is 5.78 Å². The van der Waals surface area contributed by atoms with Crippen LogP contribution >= 0.6 is 23.7 Å². The Morgan fingerprint density at radius 1 is 1.31 bits per heavy atom. The maximum atomic E-state index is 12.9. The fourth-order valence-electron chi connectivity index (χ4n) is 4.38. The molecule has 0 spiro atoms. The molecular weight excluding hydrogens is 368 g/mol. The number of piperidine rings is 3. The lowest BCUT2D eigenvalue weighted by Crippen LogP contribution is -2.47. The van der Waals surface area contributed by atoms with E-state index in [9.17, 15) is 4.79 Å². The zero-order valence-corrected chi connectivity index (χ0v) is 16.0. The minimum absolute atomic E-state index is 0. The molecule has 7 heteroatoms. The Hall–Kier alpha value is -1.76. The largest absolute Gasteiger partial charge is 0.303 e. The van der Waals surface area contributed by atoms with Crippen molar-refractivity contribution in [2.24, 2.45) is 11.8 Å². The van der Waals surface area contributed by atoms with Crippen LogP contribution in [-0.2, 0) is 0 Å². The van der Waals surface area contributed by atoms with Crippen LogP contribution in [0.15, 0.2) is 29.8 Å². The molecule has 5 heterocycles. The van der Waals surface area contributed by atoms with Crippen LogP contribution in [0.5, 0.6) is 0 Å². The number of hydrogen-bond acceptors (Lipinski definition) is 5. The first-order chi connectivity index (χ1) is 12.3. The number of hydrogen-bond donors (Lipinski definition) is 1. The minimum Gasteiger partial charge on any atom is -0.303 e. The van der Waals surface area contributed by atoms with E-state index in [0.29, 0.717) is 18.0 Å². The molecule has 136 valence electrons. The summed E-state index contributed by atoms with van der Waals surface area (Å²) in [4.78, 5) is 19.7. The van der Waals surface area contributed by atoms with Crippen molar-refractivity contribution in [3.8, 4) is 10.6 Å². The van der Waals surface area contributed by atoms with Gasteiger partial charge >= 0.3 is 0 Å². The molecule has 0 amide bonds. The summed E-state index contributed by atoms with van der Waals surface area (Å²) in [6.45, 7) is 3.49. The van der Waals surface area contributed by atoms with E-state index in [-0.39, 0.29) is 18.2 Å². The Morgan fingerprint density at radius 2 is 2.15 bits per heavy atom. The summed E-state index contributed by atoms with van der Waals surface area (Å²) in [5.74, 6) is 1.39. The highest BCUT2D eigenvalue weighted by Crippen LogP contribution is 2.35. The third-order valence-electron chi connectivity index (χ3n) is 5.75. The van der Waals surface area contributed by atoms with Gasteiger partial charge in [0.05, 0.1) is 5.52 Å². The third-order valence-corrected chi connectivity index (χ3v) is 6.57. The summed E-state index contributed by atoms with van der Waals surface area (Å²) in [6, 6.07) is 6.06. The highest BCUT2D eigenvalue weighted by atomic mass is 35.5. The Bertz CT molecular complexity index is 915. The number of nitrogens with zero attached hydrogens (tertiary/aromatic N) is 3. The summed E-state index contributed by atoms with van der Waals surface area (Å²) >= 11 is 1.61. The summed E-state index contributed by atoms with van der Waals surface area (Å²) in [5, 5.41) is 11.3. The monoisotopic (exact) mass is 388 g/mol. The van der Waals surface area contributed by atoms with Gasteiger partial charge in [0.1, 0.15) is 10.7 Å². The normalized spacial score (nSPS) is 24.5. The minimum atomic E-state index is 0. The summed E-state index contributed by atoms with van der Waals surface area (Å²) in [5.41, 5.74) is 2.56. The zero-order chi connectivity index (χ0) is 16.8. The molecule has 3 saturated heterocycles. The molecule has 1 N–H and O–H groups in total. The molecule has 1 atom stereocenters. The molecule has 2 bridgehead atoms. The molecule has 1 aromatic carbocycles. The molecule has 0 radical (unpaired) electrons. The van der Waals surface area contributed by atoms with Crippen LogP contribution < -0.4 is 0 Å². The second-order valence-corrected chi connectivity index (χ2v) is 8.09. The maximum Gasteiger partial charge on any atom is 0.184 e. The average molecular weight is 389 g/mol. The molecule has 0 unspecified atom stereocenters. The smallest absolute Gasteiger partial charge is 0.184 e. The number of carbonyl (C=O) groups is 1. The number of nitrogens with one attached hydrogen (secondary N) is 1. The first-order valence-electron chi connectivity index (χ1n) is 8.91. The third kappa shape index (κ3) is 3.06. The van der Waals surface area contributed by atoms with E-state index >= 15 is 0 Å². The Kier molecular flexibility index (Phi) is 4.82. The highest BCUT2D eigenvalue weighted by Gasteiger charge is 2.35. The Balaban J connectivity index is 0.00000168. The van der Waals surface area contributed by atoms with Crippen molar-refractivity contribution in [2.75, 3.05) is 19.6 Å². The van der Waals surface area contributed by atoms with Gasteiger partial charge < -0.3 is 4.90 Å². The van der Waals surface area contributed by atoms with E-state index in [1.54, 1.807) is 17.5 Å². The topological polar surface area (TPSA) is 61.9 Å². The van der Waals surface area contributed by atoms with Gasteiger partial charge in [-0.2, -0.15) is 5.10 Å². The van der Waals surface area contributed by atoms with Gasteiger partial charge in [-0.1, -0.05) is 6.07 Å². The van der Waals surface area contributed by atoms with Crippen LogP contribution in [0.3, 0.4) is 0 Å². The Labute approximate surface area is 162 Å². The van der Waals surface area contributed by atoms with Crippen molar-refractivity contribution in [2.45, 2.75) is 19.3 Å². The van der Waals surface area contributed by atoms with Crippen molar-refractivity contribution in [1.82, 2.24) is 20.1 Å². The molecule has 26 heavy (non-hydrogen) atoms. The standard InChI is InChI=1S/C19H20N4OS.ClH/c24-17(10-14-11-23-6-3-12(14)4-7-23)18-15-2-1-13(9-16(15)21-22-18)19-20-5-8-25-19;/h1-2,5,8-9,12,14H,3-4,6-7,10-11H2,(H,21,22);1H/t14-;/m0./s1. The van der Waals surface area contributed by atoms with E-state index in [0.717, 1.165) is 33.9 Å². The van der Waals surface area contributed by atoms with Gasteiger partial charge in [0, 0.05) is 35.5 Å². The number of rotatable bonds is 4. The lowest BCUT2D eigenvalue weighted by Gasteiger charge is -2.44. The van der Waals surface area contributed by atoms with Gasteiger partial charge in [-0.3, -0.25) is 9.89 Å². The van der Waals surface area contributed by atoms with Crippen molar-refractivity contribution in [1.29, 1.82) is 0 Å². The van der Waals surface area contributed by atoms with Gasteiger partial charge in [-0.05, 0) is 49.9 Å². The predicted molar refractivity (Wildman–Crippen MR) is 106 cm³/mol. The number of fused-ring (bicyclic) bond motifs is 4. The first-order valence-corrected chi connectivity index (χ1v) is 9.79. The van der Waals surface area contributed by atoms with Gasteiger partial charge in [0.25, 0.3) is 0 Å². The summed E-state index contributed by atoms with van der Waals surface area (Å²) in [7, 11) is 0. The van der Waals surface area contributed by atoms with Crippen molar-refractivity contribution < 1.29 is 4.79 Å². The number of halogens is 1. The number of thiazole rings is 1. The molecule has 3 aliphatic rings. The molecule has 6 rings (SSSR count). The van der Waals surface area contributed by atoms with Crippen molar-refractivity contribution in [3.63, 3.8) is 0 Å². The lowest BCUT2D eigenvalue weighted by atomic mass is 9.76. The van der Waals surface area contributed by atoms with E-state index in [1.165, 1.54) is 25.9 Å². The number of aromatic amines is 1. The molecule has 5 nitrogen and oxygen atoms in total. The van der Waals surface area contributed by atoms with Gasteiger partial charge in [0.2, 0.25) is 0 Å². The molecule has 0 aliphatic carbocycles. The predicted octanol–water partition coefficient (Wildman–Crippen LogP) is 4.02. The van der Waals surface area contributed by atoms with E-state index in [2.05, 4.69) is 20.1 Å². The molecule has 3 aromatic rings. The van der Waals surface area contributed by atoms with Gasteiger partial charge in [-0.15, -0.1) is 23.7 Å². The lowest BCUT2D eigenvalue weighted by molar-refractivity contribution is 0.0440. The second kappa shape index (κ2) is 7.10. The number of Topliss-reactive ketones (excluding diaryl/α,β-unsaturated/α-hetero) is 1. The quantitative estimate of drug-likeness (QED) is 0.685. The molecule has 3 aliphatic heterocycles. The molecular formula is C19H21ClN4OS. The first kappa shape index (κ1) is 17.6. The van der Waals surface area contributed by atoms with Crippen LogP contribution in [-0.4, -0.2) is 45.5 Å². The van der Waals surface area contributed by atoms with Crippen LogP contribution in [0.4, 0.5) is 0 Å². The number of carbonyl (C=O) groups excluding carboxylic acids is 1. The van der Waals surface area contributed by atoms with E-state index < -0.39 is 0 Å². The summed E-state index contributed by atoms with van der Waals surface area (Å²) in [6.07, 6.45) is 4.92. The van der Waals surface area contributed by atoms with Crippen LogP contribution in [0.25, 0.3) is 21.5 Å². The number of aromatic nitrogens is 3. The number of benzene rings is 1. The van der Waals surface area contributed by atoms with Crippen molar-refractivity contribution >= 4 is 40.4 Å². The average Bonchev–Trinajstić information content (AvgIpc) is 3.32. The number of ketones is 1. The second-order valence-electron chi connectivity index (χ2n) is 7.20. The summed E-state index contributed by atoms with van der Waals surface area (Å²) < 4.78 is 0. The fourth-order valence-corrected chi connectivity index (χ4v) is 5.02. The SMILES string of the molecule is Cl.O=C(C[C@H]1CN2CCC1CC2)c1n[nH]c2cc(-c3nccs3)ccc12. The molecule has 3 fully saturated rings. The highest BCUT2D eigenvalue weighted by molar-refractivity contribution is 7.13. The van der Waals surface area contributed by atoms with Crippen LogP contribution in [0.2, 0.25) is 0 Å². The number of H-pyrrole nitrogens is 1. The van der Waals surface area contributed by atoms with E-state index in [4.69, 9.17) is 0 Å². The molecule has 0 saturated carbocycles. The zero-order valence-electron chi connectivity index (χ0n) is 14.4.